The van der Waals surface area contributed by atoms with Crippen LogP contribution in [0.2, 0.25) is 0 Å². The minimum absolute atomic E-state index is 1.02. The van der Waals surface area contributed by atoms with Gasteiger partial charge in [-0.25, -0.2) is 4.98 Å². The fourth-order valence-electron chi connectivity index (χ4n) is 2.94. The zero-order chi connectivity index (χ0) is 15.9. The Hall–Kier alpha value is -2.35. The van der Waals surface area contributed by atoms with Crippen molar-refractivity contribution in [3.05, 3.63) is 78.1 Å². The summed E-state index contributed by atoms with van der Waals surface area (Å²) in [6.45, 7) is 3.24. The molecule has 0 spiro atoms. The molecule has 0 radical (unpaired) electrons. The highest BCUT2D eigenvalue weighted by atomic mass is 15.1. The van der Waals surface area contributed by atoms with Crippen molar-refractivity contribution in [2.75, 3.05) is 0 Å². The molecule has 23 heavy (non-hydrogen) atoms. The molecule has 0 unspecified atom stereocenters. The van der Waals surface area contributed by atoms with Crippen molar-refractivity contribution < 1.29 is 0 Å². The highest BCUT2D eigenvalue weighted by molar-refractivity contribution is 5.55. The Morgan fingerprint density at radius 1 is 0.870 bits per heavy atom. The highest BCUT2D eigenvalue weighted by Crippen LogP contribution is 2.20. The predicted octanol–water partition coefficient (Wildman–Crippen LogP) is 5.14. The molecule has 118 valence electrons. The van der Waals surface area contributed by atoms with E-state index in [-0.39, 0.29) is 0 Å². The molecular formula is C21H24N2. The fraction of sp³-hybridized carbons (Fsp3) is 0.286. The van der Waals surface area contributed by atoms with E-state index in [0.717, 1.165) is 38.1 Å². The maximum absolute atomic E-state index is 4.89. The lowest BCUT2D eigenvalue weighted by atomic mass is 10.1. The average Bonchev–Trinajstić information content (AvgIpc) is 3.00. The summed E-state index contributed by atoms with van der Waals surface area (Å²) in [5.74, 6) is 1.10. The van der Waals surface area contributed by atoms with Crippen molar-refractivity contribution in [2.24, 2.45) is 0 Å². The van der Waals surface area contributed by atoms with Crippen LogP contribution in [0.25, 0.3) is 11.4 Å². The summed E-state index contributed by atoms with van der Waals surface area (Å²) >= 11 is 0. The second-order valence-corrected chi connectivity index (χ2v) is 5.95. The monoisotopic (exact) mass is 304 g/mol. The van der Waals surface area contributed by atoms with Crippen LogP contribution in [-0.4, -0.2) is 9.55 Å². The second kappa shape index (κ2) is 7.77. The Labute approximate surface area is 138 Å². The predicted molar refractivity (Wildman–Crippen MR) is 96.4 cm³/mol. The Kier molecular flexibility index (Phi) is 5.25. The lowest BCUT2D eigenvalue weighted by molar-refractivity contribution is 0.683. The molecule has 1 aromatic heterocycles. The SMILES string of the molecule is CCCn1cc(CCCc2ccccc2)nc1-c1ccccc1. The third kappa shape index (κ3) is 4.10. The summed E-state index contributed by atoms with van der Waals surface area (Å²) in [6.07, 6.45) is 6.64. The van der Waals surface area contributed by atoms with Crippen LogP contribution in [-0.2, 0) is 19.4 Å². The van der Waals surface area contributed by atoms with E-state index in [1.54, 1.807) is 0 Å². The molecular weight excluding hydrogens is 280 g/mol. The van der Waals surface area contributed by atoms with Crippen LogP contribution in [0.1, 0.15) is 31.0 Å². The molecule has 0 saturated heterocycles. The first kappa shape index (κ1) is 15.5. The summed E-state index contributed by atoms with van der Waals surface area (Å²) in [6, 6.07) is 21.2. The molecule has 0 N–H and O–H groups in total. The highest BCUT2D eigenvalue weighted by Gasteiger charge is 2.09. The number of aryl methyl sites for hydroxylation is 3. The molecule has 0 fully saturated rings. The molecule has 3 aromatic rings. The number of aromatic nitrogens is 2. The summed E-state index contributed by atoms with van der Waals surface area (Å²) < 4.78 is 2.30. The smallest absolute Gasteiger partial charge is 0.140 e. The van der Waals surface area contributed by atoms with Crippen LogP contribution >= 0.6 is 0 Å². The van der Waals surface area contributed by atoms with Gasteiger partial charge in [-0.2, -0.15) is 0 Å². The Balaban J connectivity index is 1.70. The van der Waals surface area contributed by atoms with Gasteiger partial charge in [-0.15, -0.1) is 0 Å². The summed E-state index contributed by atoms with van der Waals surface area (Å²) in [4.78, 5) is 4.89. The molecule has 2 heteroatoms. The summed E-state index contributed by atoms with van der Waals surface area (Å²) in [5.41, 5.74) is 3.81. The minimum Gasteiger partial charge on any atom is -0.331 e. The molecule has 0 saturated carbocycles. The lowest BCUT2D eigenvalue weighted by Gasteiger charge is -2.05. The lowest BCUT2D eigenvalue weighted by Crippen LogP contribution is -1.97. The van der Waals surface area contributed by atoms with Gasteiger partial charge >= 0.3 is 0 Å². The van der Waals surface area contributed by atoms with E-state index >= 15 is 0 Å². The molecule has 2 nitrogen and oxygen atoms in total. The van der Waals surface area contributed by atoms with E-state index in [1.165, 1.54) is 16.8 Å². The van der Waals surface area contributed by atoms with Crippen molar-refractivity contribution in [3.63, 3.8) is 0 Å². The van der Waals surface area contributed by atoms with Crippen molar-refractivity contribution in [2.45, 2.75) is 39.2 Å². The standard InChI is InChI=1S/C21H24N2/c1-2-16-23-17-20(15-9-12-18-10-5-3-6-11-18)22-21(23)19-13-7-4-8-14-19/h3-8,10-11,13-14,17H,2,9,12,15-16H2,1H3. The number of hydrogen-bond donors (Lipinski definition) is 0. The van der Waals surface area contributed by atoms with Gasteiger partial charge in [-0.05, 0) is 31.2 Å². The zero-order valence-electron chi connectivity index (χ0n) is 13.8. The van der Waals surface area contributed by atoms with E-state index in [0.29, 0.717) is 0 Å². The van der Waals surface area contributed by atoms with Gasteiger partial charge in [0, 0.05) is 18.3 Å². The van der Waals surface area contributed by atoms with E-state index in [9.17, 15) is 0 Å². The normalized spacial score (nSPS) is 10.8. The number of hydrogen-bond acceptors (Lipinski definition) is 1. The van der Waals surface area contributed by atoms with Crippen LogP contribution in [0.3, 0.4) is 0 Å². The fourth-order valence-corrected chi connectivity index (χ4v) is 2.94. The van der Waals surface area contributed by atoms with Gasteiger partial charge in [0.05, 0.1) is 5.69 Å². The number of nitrogens with zero attached hydrogens (tertiary/aromatic N) is 2. The van der Waals surface area contributed by atoms with E-state index < -0.39 is 0 Å². The van der Waals surface area contributed by atoms with Gasteiger partial charge in [0.15, 0.2) is 0 Å². The molecule has 2 aromatic carbocycles. The van der Waals surface area contributed by atoms with Gasteiger partial charge in [0.25, 0.3) is 0 Å². The van der Waals surface area contributed by atoms with Gasteiger partial charge < -0.3 is 4.57 Å². The molecule has 3 rings (SSSR count). The molecule has 0 aliphatic rings. The Morgan fingerprint density at radius 2 is 1.57 bits per heavy atom. The van der Waals surface area contributed by atoms with Crippen molar-refractivity contribution in [1.82, 2.24) is 9.55 Å². The van der Waals surface area contributed by atoms with Crippen molar-refractivity contribution >= 4 is 0 Å². The first-order valence-corrected chi connectivity index (χ1v) is 8.52. The molecule has 1 heterocycles. The minimum atomic E-state index is 1.02. The quantitative estimate of drug-likeness (QED) is 0.591. The average molecular weight is 304 g/mol. The third-order valence-electron chi connectivity index (χ3n) is 4.06. The molecule has 0 bridgehead atoms. The molecule has 0 atom stereocenters. The third-order valence-corrected chi connectivity index (χ3v) is 4.06. The van der Waals surface area contributed by atoms with Gasteiger partial charge in [-0.1, -0.05) is 67.6 Å². The van der Waals surface area contributed by atoms with E-state index in [2.05, 4.69) is 78.4 Å². The molecule has 0 amide bonds. The Morgan fingerprint density at radius 3 is 2.26 bits per heavy atom. The maximum atomic E-state index is 4.89. The summed E-state index contributed by atoms with van der Waals surface area (Å²) in [7, 11) is 0. The van der Waals surface area contributed by atoms with Gasteiger partial charge in [0.1, 0.15) is 5.82 Å². The van der Waals surface area contributed by atoms with Crippen LogP contribution in [0.15, 0.2) is 66.9 Å². The topological polar surface area (TPSA) is 17.8 Å². The first-order valence-electron chi connectivity index (χ1n) is 8.52. The van der Waals surface area contributed by atoms with Crippen LogP contribution < -0.4 is 0 Å². The zero-order valence-corrected chi connectivity index (χ0v) is 13.8. The van der Waals surface area contributed by atoms with E-state index in [4.69, 9.17) is 4.98 Å². The second-order valence-electron chi connectivity index (χ2n) is 5.95. The van der Waals surface area contributed by atoms with Crippen LogP contribution in [0.5, 0.6) is 0 Å². The molecule has 0 aliphatic heterocycles. The van der Waals surface area contributed by atoms with E-state index in [1.807, 2.05) is 0 Å². The number of benzene rings is 2. The maximum Gasteiger partial charge on any atom is 0.140 e. The van der Waals surface area contributed by atoms with Gasteiger partial charge in [0.2, 0.25) is 0 Å². The van der Waals surface area contributed by atoms with Crippen LogP contribution in [0, 0.1) is 0 Å². The first-order chi connectivity index (χ1) is 11.4. The van der Waals surface area contributed by atoms with Gasteiger partial charge in [-0.3, -0.25) is 0 Å². The summed E-state index contributed by atoms with van der Waals surface area (Å²) in [5, 5.41) is 0. The van der Waals surface area contributed by atoms with Crippen LogP contribution in [0.4, 0.5) is 0 Å². The Bertz CT molecular complexity index is 714. The largest absolute Gasteiger partial charge is 0.331 e. The number of imidazole rings is 1. The molecule has 0 aliphatic carbocycles. The van der Waals surface area contributed by atoms with Crippen molar-refractivity contribution in [3.8, 4) is 11.4 Å². The van der Waals surface area contributed by atoms with Crippen molar-refractivity contribution in [1.29, 1.82) is 0 Å². The number of rotatable bonds is 7.